The van der Waals surface area contributed by atoms with Gasteiger partial charge in [0, 0.05) is 5.41 Å². The summed E-state index contributed by atoms with van der Waals surface area (Å²) in [5.74, 6) is -1.13. The van der Waals surface area contributed by atoms with Crippen molar-refractivity contribution < 1.29 is 14.7 Å². The zero-order valence-corrected chi connectivity index (χ0v) is 12.5. The van der Waals surface area contributed by atoms with E-state index >= 15 is 0 Å². The molecule has 110 valence electrons. The molecule has 1 heterocycles. The summed E-state index contributed by atoms with van der Waals surface area (Å²) in [6.07, 6.45) is 0.637. The zero-order chi connectivity index (χ0) is 15.8. The standard InChI is InChI=1S/C14H14ClN3O3/c1-14(2,3)12-11(7-19)16-17-18(12)8-4-5-10(15)9(6-8)13(20)21/h4-7H,1-3H3,(H,20,21). The van der Waals surface area contributed by atoms with Crippen molar-refractivity contribution in [2.45, 2.75) is 26.2 Å². The van der Waals surface area contributed by atoms with E-state index in [1.807, 2.05) is 20.8 Å². The average molecular weight is 308 g/mol. The molecule has 0 aliphatic heterocycles. The third-order valence-corrected chi connectivity index (χ3v) is 3.27. The number of benzene rings is 1. The van der Waals surface area contributed by atoms with Gasteiger partial charge in [-0.2, -0.15) is 0 Å². The first kappa shape index (κ1) is 15.2. The van der Waals surface area contributed by atoms with Gasteiger partial charge in [-0.05, 0) is 18.2 Å². The number of carbonyl (C=O) groups excluding carboxylic acids is 1. The molecule has 0 amide bonds. The summed E-state index contributed by atoms with van der Waals surface area (Å²) in [5.41, 5.74) is 0.910. The highest BCUT2D eigenvalue weighted by Gasteiger charge is 2.26. The molecule has 2 rings (SSSR count). The van der Waals surface area contributed by atoms with Crippen LogP contribution in [0.15, 0.2) is 18.2 Å². The van der Waals surface area contributed by atoms with Crippen molar-refractivity contribution in [2.24, 2.45) is 0 Å². The van der Waals surface area contributed by atoms with E-state index in [0.29, 0.717) is 17.7 Å². The lowest BCUT2D eigenvalue weighted by Crippen LogP contribution is -2.19. The average Bonchev–Trinajstić information content (AvgIpc) is 2.82. The van der Waals surface area contributed by atoms with E-state index < -0.39 is 5.97 Å². The van der Waals surface area contributed by atoms with Crippen LogP contribution in [0.25, 0.3) is 5.69 Å². The predicted octanol–water partition coefficient (Wildman–Crippen LogP) is 2.73. The first-order chi connectivity index (χ1) is 9.75. The number of aromatic carboxylic acids is 1. The van der Waals surface area contributed by atoms with Crippen LogP contribution in [0.3, 0.4) is 0 Å². The van der Waals surface area contributed by atoms with Crippen molar-refractivity contribution >= 4 is 23.9 Å². The highest BCUT2D eigenvalue weighted by atomic mass is 35.5. The van der Waals surface area contributed by atoms with Gasteiger partial charge in [-0.15, -0.1) is 5.10 Å². The van der Waals surface area contributed by atoms with Crippen LogP contribution in [0.2, 0.25) is 5.02 Å². The summed E-state index contributed by atoms with van der Waals surface area (Å²) in [6, 6.07) is 4.52. The minimum atomic E-state index is -1.13. The number of aldehydes is 1. The smallest absolute Gasteiger partial charge is 0.337 e. The van der Waals surface area contributed by atoms with Crippen LogP contribution < -0.4 is 0 Å². The van der Waals surface area contributed by atoms with Gasteiger partial charge in [-0.3, -0.25) is 4.79 Å². The third-order valence-electron chi connectivity index (χ3n) is 2.94. The molecular formula is C14H14ClN3O3. The Balaban J connectivity index is 2.68. The fourth-order valence-electron chi connectivity index (χ4n) is 2.06. The topological polar surface area (TPSA) is 85.1 Å². The minimum Gasteiger partial charge on any atom is -0.478 e. The molecule has 0 radical (unpaired) electrons. The summed E-state index contributed by atoms with van der Waals surface area (Å²) in [5, 5.41) is 17.1. The van der Waals surface area contributed by atoms with Crippen LogP contribution in [-0.2, 0) is 5.41 Å². The second kappa shape index (κ2) is 5.29. The second-order valence-corrected chi connectivity index (χ2v) is 5.98. The number of hydrogen-bond donors (Lipinski definition) is 1. The van der Waals surface area contributed by atoms with E-state index in [4.69, 9.17) is 16.7 Å². The van der Waals surface area contributed by atoms with E-state index in [1.165, 1.54) is 16.8 Å². The fraction of sp³-hybridized carbons (Fsp3) is 0.286. The summed E-state index contributed by atoms with van der Waals surface area (Å²) in [7, 11) is 0. The Labute approximate surface area is 126 Å². The number of nitrogens with zero attached hydrogens (tertiary/aromatic N) is 3. The first-order valence-corrected chi connectivity index (χ1v) is 6.58. The van der Waals surface area contributed by atoms with Crippen LogP contribution in [-0.4, -0.2) is 32.4 Å². The van der Waals surface area contributed by atoms with Crippen LogP contribution in [0, 0.1) is 0 Å². The normalized spacial score (nSPS) is 11.4. The monoisotopic (exact) mass is 307 g/mol. The molecule has 0 atom stereocenters. The van der Waals surface area contributed by atoms with Gasteiger partial charge in [0.1, 0.15) is 5.69 Å². The molecular weight excluding hydrogens is 294 g/mol. The summed E-state index contributed by atoms with van der Waals surface area (Å²) in [4.78, 5) is 22.3. The maximum absolute atomic E-state index is 11.2. The number of hydrogen-bond acceptors (Lipinski definition) is 4. The Bertz CT molecular complexity index is 717. The molecule has 1 aromatic heterocycles. The molecule has 21 heavy (non-hydrogen) atoms. The fourth-order valence-corrected chi connectivity index (χ4v) is 2.26. The first-order valence-electron chi connectivity index (χ1n) is 6.20. The van der Waals surface area contributed by atoms with Gasteiger partial charge in [0.05, 0.1) is 22.0 Å². The molecule has 1 N–H and O–H groups in total. The second-order valence-electron chi connectivity index (χ2n) is 5.57. The number of halogens is 1. The van der Waals surface area contributed by atoms with Crippen molar-refractivity contribution in [3.05, 3.63) is 40.2 Å². The van der Waals surface area contributed by atoms with E-state index in [2.05, 4.69) is 10.3 Å². The maximum atomic E-state index is 11.2. The molecule has 0 fully saturated rings. The Hall–Kier alpha value is -2.21. The molecule has 0 bridgehead atoms. The number of carboxylic acids is 1. The molecule has 7 heteroatoms. The lowest BCUT2D eigenvalue weighted by Gasteiger charge is -2.20. The predicted molar refractivity (Wildman–Crippen MR) is 77.4 cm³/mol. The quantitative estimate of drug-likeness (QED) is 0.881. The van der Waals surface area contributed by atoms with E-state index in [1.54, 1.807) is 6.07 Å². The maximum Gasteiger partial charge on any atom is 0.337 e. The molecule has 1 aromatic carbocycles. The highest BCUT2D eigenvalue weighted by molar-refractivity contribution is 6.33. The van der Waals surface area contributed by atoms with E-state index in [0.717, 1.165) is 0 Å². The van der Waals surface area contributed by atoms with Gasteiger partial charge in [-0.1, -0.05) is 37.6 Å². The molecule has 0 aliphatic rings. The number of aromatic nitrogens is 3. The third kappa shape index (κ3) is 2.80. The highest BCUT2D eigenvalue weighted by Crippen LogP contribution is 2.28. The van der Waals surface area contributed by atoms with Gasteiger partial charge in [-0.25, -0.2) is 9.48 Å². The molecule has 0 saturated heterocycles. The summed E-state index contributed by atoms with van der Waals surface area (Å²) < 4.78 is 1.46. The van der Waals surface area contributed by atoms with Gasteiger partial charge in [0.2, 0.25) is 0 Å². The molecule has 0 saturated carbocycles. The lowest BCUT2D eigenvalue weighted by atomic mass is 9.90. The molecule has 0 unspecified atom stereocenters. The van der Waals surface area contributed by atoms with Crippen LogP contribution in [0.4, 0.5) is 0 Å². The number of carboxylic acid groups (broad SMARTS) is 1. The van der Waals surface area contributed by atoms with Gasteiger partial charge < -0.3 is 5.11 Å². The largest absolute Gasteiger partial charge is 0.478 e. The van der Waals surface area contributed by atoms with Crippen molar-refractivity contribution in [1.82, 2.24) is 15.0 Å². The molecule has 6 nitrogen and oxygen atoms in total. The van der Waals surface area contributed by atoms with Crippen LogP contribution in [0.1, 0.15) is 47.3 Å². The Kier molecular flexibility index (Phi) is 3.82. The molecule has 0 aliphatic carbocycles. The Morgan fingerprint density at radius 2 is 2.05 bits per heavy atom. The van der Waals surface area contributed by atoms with Gasteiger partial charge >= 0.3 is 5.97 Å². The summed E-state index contributed by atoms with van der Waals surface area (Å²) in [6.45, 7) is 5.76. The molecule has 2 aromatic rings. The number of carbonyl (C=O) groups is 2. The van der Waals surface area contributed by atoms with Crippen molar-refractivity contribution in [2.75, 3.05) is 0 Å². The van der Waals surface area contributed by atoms with E-state index in [9.17, 15) is 9.59 Å². The number of rotatable bonds is 3. The van der Waals surface area contributed by atoms with Crippen molar-refractivity contribution in [3.63, 3.8) is 0 Å². The zero-order valence-electron chi connectivity index (χ0n) is 11.8. The Morgan fingerprint density at radius 3 is 2.57 bits per heavy atom. The van der Waals surface area contributed by atoms with Gasteiger partial charge in [0.15, 0.2) is 6.29 Å². The molecule has 0 spiro atoms. The SMILES string of the molecule is CC(C)(C)c1c(C=O)nnn1-c1ccc(Cl)c(C(=O)O)c1. The van der Waals surface area contributed by atoms with Crippen LogP contribution in [0.5, 0.6) is 0 Å². The summed E-state index contributed by atoms with van der Waals surface area (Å²) >= 11 is 5.86. The van der Waals surface area contributed by atoms with Crippen molar-refractivity contribution in [3.8, 4) is 5.69 Å². The lowest BCUT2D eigenvalue weighted by molar-refractivity contribution is 0.0697. The van der Waals surface area contributed by atoms with E-state index in [-0.39, 0.29) is 21.7 Å². The Morgan fingerprint density at radius 1 is 1.38 bits per heavy atom. The van der Waals surface area contributed by atoms with Gasteiger partial charge in [0.25, 0.3) is 0 Å². The minimum absolute atomic E-state index is 0.0304. The van der Waals surface area contributed by atoms with Crippen molar-refractivity contribution in [1.29, 1.82) is 0 Å². The van der Waals surface area contributed by atoms with Crippen LogP contribution >= 0.6 is 11.6 Å².